The zero-order chi connectivity index (χ0) is 18.9. The second-order valence-electron chi connectivity index (χ2n) is 4.12. The number of nitro groups is 3. The minimum atomic E-state index is -6.08. The van der Waals surface area contributed by atoms with Crippen LogP contribution in [-0.2, 0) is 12.3 Å². The van der Waals surface area contributed by atoms with Gasteiger partial charge in [0, 0.05) is 6.42 Å². The van der Waals surface area contributed by atoms with Crippen LogP contribution >= 0.6 is 0 Å². The summed E-state index contributed by atoms with van der Waals surface area (Å²) in [5.41, 5.74) is 0. The van der Waals surface area contributed by atoms with Crippen molar-refractivity contribution in [2.45, 2.75) is 30.7 Å². The second kappa shape index (κ2) is 5.89. The van der Waals surface area contributed by atoms with Crippen LogP contribution < -0.4 is 0 Å². The molecule has 134 valence electrons. The Bertz CT molecular complexity index is 637. The van der Waals surface area contributed by atoms with Gasteiger partial charge < -0.3 is 4.42 Å². The molecule has 0 unspecified atom stereocenters. The number of halogens is 5. The van der Waals surface area contributed by atoms with Crippen molar-refractivity contribution in [2.75, 3.05) is 0 Å². The van der Waals surface area contributed by atoms with Crippen LogP contribution in [0, 0.1) is 30.3 Å². The highest BCUT2D eigenvalue weighted by Crippen LogP contribution is 2.43. The summed E-state index contributed by atoms with van der Waals surface area (Å²) in [7, 11) is 0. The first-order valence-electron chi connectivity index (χ1n) is 5.47. The molecule has 1 rings (SSSR count). The van der Waals surface area contributed by atoms with E-state index >= 15 is 0 Å². The van der Waals surface area contributed by atoms with E-state index in [4.69, 9.17) is 0 Å². The molecule has 24 heavy (non-hydrogen) atoms. The number of nitrogens with zero attached hydrogens (tertiary/aromatic N) is 5. The Labute approximate surface area is 125 Å². The Kier molecular flexibility index (Phi) is 4.67. The molecule has 12 nitrogen and oxygen atoms in total. The van der Waals surface area contributed by atoms with Crippen molar-refractivity contribution in [1.29, 1.82) is 0 Å². The fourth-order valence-electron chi connectivity index (χ4n) is 1.35. The lowest BCUT2D eigenvalue weighted by Crippen LogP contribution is -2.53. The summed E-state index contributed by atoms with van der Waals surface area (Å²) in [4.78, 5) is 26.3. The molecule has 0 aliphatic heterocycles. The van der Waals surface area contributed by atoms with E-state index in [9.17, 15) is 52.3 Å². The molecule has 0 aliphatic rings. The van der Waals surface area contributed by atoms with Gasteiger partial charge in [-0.1, -0.05) is 0 Å². The average molecular weight is 365 g/mol. The van der Waals surface area contributed by atoms with Gasteiger partial charge >= 0.3 is 17.9 Å². The molecule has 0 saturated heterocycles. The fourth-order valence-corrected chi connectivity index (χ4v) is 1.35. The van der Waals surface area contributed by atoms with Crippen molar-refractivity contribution in [2.24, 2.45) is 0 Å². The minimum Gasteiger partial charge on any atom is -0.419 e. The van der Waals surface area contributed by atoms with Gasteiger partial charge in [-0.15, -0.1) is 10.2 Å². The van der Waals surface area contributed by atoms with Crippen LogP contribution in [0.25, 0.3) is 0 Å². The Morgan fingerprint density at radius 2 is 1.38 bits per heavy atom. The summed E-state index contributed by atoms with van der Waals surface area (Å²) >= 11 is 0. The van der Waals surface area contributed by atoms with Crippen molar-refractivity contribution >= 4 is 0 Å². The standard InChI is InChI=1S/C7H4F5N5O7/c8-6(9,7(10,11)12)4-14-13-3(24-4)1-2-5(15(18)19,16(20)21)17(22)23/h1-2H2. The number of aromatic nitrogens is 2. The summed E-state index contributed by atoms with van der Waals surface area (Å²) < 4.78 is 66.0. The third kappa shape index (κ3) is 3.04. The molecule has 0 fully saturated rings. The van der Waals surface area contributed by atoms with Crippen molar-refractivity contribution in [3.63, 3.8) is 0 Å². The molecule has 17 heteroatoms. The molecule has 0 amide bonds. The second-order valence-corrected chi connectivity index (χ2v) is 4.12. The van der Waals surface area contributed by atoms with E-state index < -0.39 is 57.3 Å². The minimum absolute atomic E-state index is 1.11. The molecular weight excluding hydrogens is 361 g/mol. The van der Waals surface area contributed by atoms with Crippen LogP contribution in [0.15, 0.2) is 4.42 Å². The highest BCUT2D eigenvalue weighted by Gasteiger charge is 2.70. The van der Waals surface area contributed by atoms with Gasteiger partial charge in [0.25, 0.3) is 5.89 Å². The predicted molar refractivity (Wildman–Crippen MR) is 56.3 cm³/mol. The number of aryl methyl sites for hydroxylation is 1. The maximum absolute atomic E-state index is 12.9. The lowest BCUT2D eigenvalue weighted by molar-refractivity contribution is -0.970. The van der Waals surface area contributed by atoms with E-state index in [2.05, 4.69) is 14.6 Å². The van der Waals surface area contributed by atoms with Gasteiger partial charge in [0.2, 0.25) is 5.89 Å². The lowest BCUT2D eigenvalue weighted by Gasteiger charge is -2.14. The number of alkyl halides is 5. The average Bonchev–Trinajstić information content (AvgIpc) is 2.86. The van der Waals surface area contributed by atoms with E-state index in [1.165, 1.54) is 0 Å². The van der Waals surface area contributed by atoms with Gasteiger partial charge in [0.1, 0.15) is 0 Å². The molecule has 0 aromatic carbocycles. The Balaban J connectivity index is 3.06. The molecule has 0 radical (unpaired) electrons. The van der Waals surface area contributed by atoms with Gasteiger partial charge in [-0.25, -0.2) is 0 Å². The molecule has 1 aromatic heterocycles. The van der Waals surface area contributed by atoms with Gasteiger partial charge in [0.15, 0.2) is 21.2 Å². The third-order valence-electron chi connectivity index (χ3n) is 2.64. The molecular formula is C7H4F5N5O7. The van der Waals surface area contributed by atoms with E-state index in [1.807, 2.05) is 0 Å². The molecule has 1 heterocycles. The van der Waals surface area contributed by atoms with Gasteiger partial charge in [-0.3, -0.25) is 30.3 Å². The van der Waals surface area contributed by atoms with Crippen LogP contribution in [0.4, 0.5) is 22.0 Å². The Hall–Kier alpha value is -3.01. The fraction of sp³-hybridized carbons (Fsp3) is 0.714. The highest BCUT2D eigenvalue weighted by molar-refractivity contribution is 4.96. The smallest absolute Gasteiger partial charge is 0.419 e. The number of rotatable bonds is 7. The molecule has 0 bridgehead atoms. The summed E-state index contributed by atoms with van der Waals surface area (Å²) in [6, 6.07) is 0. The summed E-state index contributed by atoms with van der Waals surface area (Å²) in [6.45, 7) is 0. The topological polar surface area (TPSA) is 168 Å². The summed E-state index contributed by atoms with van der Waals surface area (Å²) in [6.07, 6.45) is -8.77. The number of hydrogen-bond acceptors (Lipinski definition) is 9. The van der Waals surface area contributed by atoms with Gasteiger partial charge in [-0.2, -0.15) is 22.0 Å². The first-order valence-corrected chi connectivity index (χ1v) is 5.47. The maximum atomic E-state index is 12.9. The number of hydrogen-bond donors (Lipinski definition) is 0. The van der Waals surface area contributed by atoms with E-state index in [1.54, 1.807) is 0 Å². The van der Waals surface area contributed by atoms with Crippen molar-refractivity contribution in [3.8, 4) is 0 Å². The first kappa shape index (κ1) is 19.0. The predicted octanol–water partition coefficient (Wildman–Crippen LogP) is 1.14. The van der Waals surface area contributed by atoms with Gasteiger partial charge in [0.05, 0.1) is 0 Å². The van der Waals surface area contributed by atoms with Crippen molar-refractivity contribution < 1.29 is 41.1 Å². The van der Waals surface area contributed by atoms with Crippen LogP contribution in [0.2, 0.25) is 0 Å². The SMILES string of the molecule is O=[N+]([O-])C(CCc1nnc(C(F)(F)C(F)(F)F)o1)([N+](=O)[O-])[N+](=O)[O-]. The van der Waals surface area contributed by atoms with Crippen LogP contribution in [0.5, 0.6) is 0 Å². The Morgan fingerprint density at radius 1 is 0.917 bits per heavy atom. The van der Waals surface area contributed by atoms with E-state index in [-0.39, 0.29) is 0 Å². The molecule has 0 N–H and O–H groups in total. The zero-order valence-electron chi connectivity index (χ0n) is 10.9. The third-order valence-corrected chi connectivity index (χ3v) is 2.64. The Morgan fingerprint density at radius 3 is 1.75 bits per heavy atom. The molecule has 1 aromatic rings. The normalized spacial score (nSPS) is 12.9. The van der Waals surface area contributed by atoms with Gasteiger partial charge in [-0.05, 0) is 0 Å². The first-order chi connectivity index (χ1) is 10.8. The summed E-state index contributed by atoms with van der Waals surface area (Å²) in [5.74, 6) is -12.8. The lowest BCUT2D eigenvalue weighted by atomic mass is 10.2. The van der Waals surface area contributed by atoms with E-state index in [0.29, 0.717) is 0 Å². The van der Waals surface area contributed by atoms with Crippen LogP contribution in [0.3, 0.4) is 0 Å². The largest absolute Gasteiger partial charge is 0.700 e. The van der Waals surface area contributed by atoms with E-state index in [0.717, 1.165) is 0 Å². The molecule has 0 atom stereocenters. The maximum Gasteiger partial charge on any atom is 0.700 e. The molecule has 0 aliphatic carbocycles. The molecule has 0 spiro atoms. The zero-order valence-corrected chi connectivity index (χ0v) is 10.9. The highest BCUT2D eigenvalue weighted by atomic mass is 19.4. The quantitative estimate of drug-likeness (QED) is 0.297. The molecule has 0 saturated carbocycles. The van der Waals surface area contributed by atoms with Crippen LogP contribution in [0.1, 0.15) is 18.2 Å². The van der Waals surface area contributed by atoms with Crippen molar-refractivity contribution in [3.05, 3.63) is 42.1 Å². The van der Waals surface area contributed by atoms with Crippen molar-refractivity contribution in [1.82, 2.24) is 10.2 Å². The van der Waals surface area contributed by atoms with Crippen LogP contribution in [-0.4, -0.2) is 36.9 Å². The summed E-state index contributed by atoms with van der Waals surface area (Å²) in [5, 5.41) is 36.9. The monoisotopic (exact) mass is 365 g/mol.